The molecule has 0 saturated heterocycles. The molecule has 0 bridgehead atoms. The number of nitrogens with one attached hydrogen (secondary N) is 1. The fourth-order valence-electron chi connectivity index (χ4n) is 2.59. The van der Waals surface area contributed by atoms with Gasteiger partial charge in [0.05, 0.1) is 6.20 Å². The summed E-state index contributed by atoms with van der Waals surface area (Å²) in [4.78, 5) is 0. The molecule has 0 aromatic carbocycles. The van der Waals surface area contributed by atoms with E-state index in [1.165, 1.54) is 37.7 Å². The average Bonchev–Trinajstić information content (AvgIpc) is 2.86. The molecule has 0 aliphatic heterocycles. The van der Waals surface area contributed by atoms with Gasteiger partial charge < -0.3 is 11.1 Å². The van der Waals surface area contributed by atoms with E-state index in [1.54, 1.807) is 0 Å². The summed E-state index contributed by atoms with van der Waals surface area (Å²) in [6, 6.07) is 0.903. The summed E-state index contributed by atoms with van der Waals surface area (Å²) in [5.74, 6) is 0. The van der Waals surface area contributed by atoms with Crippen molar-refractivity contribution in [1.29, 1.82) is 0 Å². The topological polar surface area (TPSA) is 55.9 Å². The summed E-state index contributed by atoms with van der Waals surface area (Å²) >= 11 is 0. The first-order valence-corrected chi connectivity index (χ1v) is 6.82. The molecule has 4 nitrogen and oxygen atoms in total. The van der Waals surface area contributed by atoms with Crippen molar-refractivity contribution in [3.8, 4) is 0 Å². The second-order valence-corrected chi connectivity index (χ2v) is 4.92. The molecule has 1 unspecified atom stereocenters. The molecule has 4 heteroatoms. The molecule has 0 amide bonds. The van der Waals surface area contributed by atoms with Gasteiger partial charge in [0.25, 0.3) is 0 Å². The van der Waals surface area contributed by atoms with Crippen LogP contribution in [0.1, 0.15) is 50.6 Å². The van der Waals surface area contributed by atoms with Gasteiger partial charge in [0, 0.05) is 36.9 Å². The van der Waals surface area contributed by atoms with Crippen molar-refractivity contribution in [2.45, 2.75) is 57.7 Å². The van der Waals surface area contributed by atoms with Gasteiger partial charge in [-0.1, -0.05) is 19.3 Å². The zero-order chi connectivity index (χ0) is 12.1. The lowest BCUT2D eigenvalue weighted by Crippen LogP contribution is -2.37. The zero-order valence-corrected chi connectivity index (χ0v) is 10.7. The molecular formula is C13H24N4. The Morgan fingerprint density at radius 3 is 2.82 bits per heavy atom. The molecule has 1 atom stereocenters. The highest BCUT2D eigenvalue weighted by molar-refractivity contribution is 5.11. The standard InChI is InChI=1S/C13H24N4/c1-2-17-10-11(9-15-17)13(8-14)16-12-6-4-3-5-7-12/h9-10,12-13,16H,2-8,14H2,1H3. The first-order chi connectivity index (χ1) is 8.33. The van der Waals surface area contributed by atoms with Crippen molar-refractivity contribution in [2.75, 3.05) is 6.54 Å². The smallest absolute Gasteiger partial charge is 0.0538 e. The largest absolute Gasteiger partial charge is 0.329 e. The van der Waals surface area contributed by atoms with Crippen molar-refractivity contribution in [1.82, 2.24) is 15.1 Å². The summed E-state index contributed by atoms with van der Waals surface area (Å²) < 4.78 is 1.96. The number of aryl methyl sites for hydroxylation is 1. The lowest BCUT2D eigenvalue weighted by molar-refractivity contribution is 0.340. The molecule has 0 radical (unpaired) electrons. The van der Waals surface area contributed by atoms with Crippen molar-refractivity contribution < 1.29 is 0 Å². The van der Waals surface area contributed by atoms with E-state index < -0.39 is 0 Å². The molecular weight excluding hydrogens is 212 g/mol. The molecule has 1 fully saturated rings. The van der Waals surface area contributed by atoms with E-state index in [0.29, 0.717) is 12.6 Å². The van der Waals surface area contributed by atoms with E-state index in [1.807, 2.05) is 10.9 Å². The van der Waals surface area contributed by atoms with E-state index in [2.05, 4.69) is 23.5 Å². The van der Waals surface area contributed by atoms with Gasteiger partial charge in [0.15, 0.2) is 0 Å². The van der Waals surface area contributed by atoms with Crippen LogP contribution in [-0.4, -0.2) is 22.4 Å². The quantitative estimate of drug-likeness (QED) is 0.820. The van der Waals surface area contributed by atoms with Crippen molar-refractivity contribution in [3.05, 3.63) is 18.0 Å². The Kier molecular flexibility index (Phi) is 4.57. The molecule has 1 aromatic rings. The Balaban J connectivity index is 1.95. The molecule has 2 rings (SSSR count). The number of nitrogens with two attached hydrogens (primary N) is 1. The van der Waals surface area contributed by atoms with E-state index >= 15 is 0 Å². The number of nitrogens with zero attached hydrogens (tertiary/aromatic N) is 2. The SMILES string of the molecule is CCn1cc(C(CN)NC2CCCCC2)cn1. The van der Waals surface area contributed by atoms with Gasteiger partial charge in [-0.15, -0.1) is 0 Å². The van der Waals surface area contributed by atoms with Gasteiger partial charge in [-0.2, -0.15) is 5.10 Å². The number of hydrogen-bond donors (Lipinski definition) is 2. The van der Waals surface area contributed by atoms with Crippen molar-refractivity contribution in [3.63, 3.8) is 0 Å². The predicted octanol–water partition coefficient (Wildman–Crippen LogP) is 1.83. The highest BCUT2D eigenvalue weighted by atomic mass is 15.3. The predicted molar refractivity (Wildman–Crippen MR) is 69.7 cm³/mol. The minimum atomic E-state index is 0.262. The van der Waals surface area contributed by atoms with E-state index in [-0.39, 0.29) is 6.04 Å². The van der Waals surface area contributed by atoms with Crippen LogP contribution in [-0.2, 0) is 6.54 Å². The Labute approximate surface area is 104 Å². The van der Waals surface area contributed by atoms with Gasteiger partial charge in [-0.3, -0.25) is 4.68 Å². The highest BCUT2D eigenvalue weighted by Gasteiger charge is 2.19. The first kappa shape index (κ1) is 12.6. The van der Waals surface area contributed by atoms with E-state index in [0.717, 1.165) is 6.54 Å². The van der Waals surface area contributed by atoms with Gasteiger partial charge in [0.2, 0.25) is 0 Å². The summed E-state index contributed by atoms with van der Waals surface area (Å²) in [6.07, 6.45) is 10.7. The van der Waals surface area contributed by atoms with Crippen LogP contribution in [0.15, 0.2) is 12.4 Å². The number of rotatable bonds is 5. The second kappa shape index (κ2) is 6.17. The fraction of sp³-hybridized carbons (Fsp3) is 0.769. The summed E-state index contributed by atoms with van der Waals surface area (Å²) in [6.45, 7) is 3.66. The van der Waals surface area contributed by atoms with Gasteiger partial charge in [-0.25, -0.2) is 0 Å². The third-order valence-electron chi connectivity index (χ3n) is 3.66. The van der Waals surface area contributed by atoms with Crippen LogP contribution in [0.3, 0.4) is 0 Å². The summed E-state index contributed by atoms with van der Waals surface area (Å²) in [7, 11) is 0. The molecule has 1 heterocycles. The molecule has 1 aliphatic rings. The lowest BCUT2D eigenvalue weighted by atomic mass is 9.94. The maximum Gasteiger partial charge on any atom is 0.0538 e. The molecule has 17 heavy (non-hydrogen) atoms. The van der Waals surface area contributed by atoms with Crippen LogP contribution in [0.5, 0.6) is 0 Å². The maximum absolute atomic E-state index is 5.87. The van der Waals surface area contributed by atoms with Gasteiger partial charge >= 0.3 is 0 Å². The zero-order valence-electron chi connectivity index (χ0n) is 10.7. The van der Waals surface area contributed by atoms with E-state index in [9.17, 15) is 0 Å². The maximum atomic E-state index is 5.87. The monoisotopic (exact) mass is 236 g/mol. The second-order valence-electron chi connectivity index (χ2n) is 4.92. The fourth-order valence-corrected chi connectivity index (χ4v) is 2.59. The molecule has 1 aliphatic carbocycles. The lowest BCUT2D eigenvalue weighted by Gasteiger charge is -2.27. The molecule has 3 N–H and O–H groups in total. The van der Waals surface area contributed by atoms with Gasteiger partial charge in [-0.05, 0) is 19.8 Å². The minimum Gasteiger partial charge on any atom is -0.329 e. The van der Waals surface area contributed by atoms with Crippen molar-refractivity contribution >= 4 is 0 Å². The molecule has 1 aromatic heterocycles. The Morgan fingerprint density at radius 1 is 1.47 bits per heavy atom. The van der Waals surface area contributed by atoms with E-state index in [4.69, 9.17) is 5.73 Å². The van der Waals surface area contributed by atoms with Crippen LogP contribution >= 0.6 is 0 Å². The Morgan fingerprint density at radius 2 is 2.24 bits per heavy atom. The molecule has 96 valence electrons. The minimum absolute atomic E-state index is 0.262. The van der Waals surface area contributed by atoms with Gasteiger partial charge in [0.1, 0.15) is 0 Å². The average molecular weight is 236 g/mol. The normalized spacial score (nSPS) is 19.4. The Hall–Kier alpha value is -0.870. The van der Waals surface area contributed by atoms with Crippen LogP contribution in [0, 0.1) is 0 Å². The van der Waals surface area contributed by atoms with Crippen LogP contribution in [0.25, 0.3) is 0 Å². The van der Waals surface area contributed by atoms with Crippen molar-refractivity contribution in [2.24, 2.45) is 5.73 Å². The van der Waals surface area contributed by atoms with Crippen LogP contribution < -0.4 is 11.1 Å². The third-order valence-corrected chi connectivity index (χ3v) is 3.66. The number of hydrogen-bond acceptors (Lipinski definition) is 3. The third kappa shape index (κ3) is 3.30. The first-order valence-electron chi connectivity index (χ1n) is 6.82. The van der Waals surface area contributed by atoms with Crippen LogP contribution in [0.4, 0.5) is 0 Å². The summed E-state index contributed by atoms with van der Waals surface area (Å²) in [5.41, 5.74) is 7.10. The molecule has 0 spiro atoms. The Bertz CT molecular complexity index is 328. The summed E-state index contributed by atoms with van der Waals surface area (Å²) in [5, 5.41) is 8.00. The van der Waals surface area contributed by atoms with Crippen LogP contribution in [0.2, 0.25) is 0 Å². The highest BCUT2D eigenvalue weighted by Crippen LogP contribution is 2.21. The molecule has 1 saturated carbocycles. The number of aromatic nitrogens is 2.